The van der Waals surface area contributed by atoms with Crippen molar-refractivity contribution in [3.63, 3.8) is 0 Å². The fourth-order valence-corrected chi connectivity index (χ4v) is 3.24. The van der Waals surface area contributed by atoms with Gasteiger partial charge in [-0.1, -0.05) is 35.8 Å². The molecule has 0 bridgehead atoms. The first-order valence-corrected chi connectivity index (χ1v) is 10.1. The van der Waals surface area contributed by atoms with Gasteiger partial charge in [0, 0.05) is 13.6 Å². The third-order valence-electron chi connectivity index (χ3n) is 3.43. The SMILES string of the molecule is CCCCCNC(=S)NNC(=O)c1cc(S(=O)(=O)N(C)OC)ccc1Cl. The van der Waals surface area contributed by atoms with Gasteiger partial charge in [-0.05, 0) is 36.8 Å². The van der Waals surface area contributed by atoms with Gasteiger partial charge in [-0.2, -0.15) is 0 Å². The minimum atomic E-state index is -3.90. The van der Waals surface area contributed by atoms with E-state index in [-0.39, 0.29) is 20.6 Å². The number of halogens is 1. The molecular weight excluding hydrogens is 400 g/mol. The van der Waals surface area contributed by atoms with Gasteiger partial charge in [-0.25, -0.2) is 8.42 Å². The molecule has 0 aromatic heterocycles. The summed E-state index contributed by atoms with van der Waals surface area (Å²) in [5.74, 6) is -0.621. The molecule has 0 unspecified atom stereocenters. The van der Waals surface area contributed by atoms with Crippen molar-refractivity contribution in [1.29, 1.82) is 0 Å². The molecule has 1 aromatic rings. The van der Waals surface area contributed by atoms with E-state index in [1.54, 1.807) is 0 Å². The van der Waals surface area contributed by atoms with E-state index in [4.69, 9.17) is 28.7 Å². The first-order valence-electron chi connectivity index (χ1n) is 7.90. The van der Waals surface area contributed by atoms with Crippen LogP contribution >= 0.6 is 23.8 Å². The van der Waals surface area contributed by atoms with E-state index in [1.165, 1.54) is 32.4 Å². The van der Waals surface area contributed by atoms with Gasteiger partial charge in [0.15, 0.2) is 5.11 Å². The average Bonchev–Trinajstić information content (AvgIpc) is 2.62. The topological polar surface area (TPSA) is 99.8 Å². The maximum Gasteiger partial charge on any atom is 0.271 e. The molecule has 0 heterocycles. The van der Waals surface area contributed by atoms with Crippen molar-refractivity contribution in [2.45, 2.75) is 31.1 Å². The number of carbonyl (C=O) groups is 1. The molecule has 0 saturated carbocycles. The Morgan fingerprint density at radius 1 is 1.31 bits per heavy atom. The highest BCUT2D eigenvalue weighted by Crippen LogP contribution is 2.22. The van der Waals surface area contributed by atoms with Crippen LogP contribution in [0.25, 0.3) is 0 Å². The van der Waals surface area contributed by atoms with Gasteiger partial charge in [0.25, 0.3) is 15.9 Å². The summed E-state index contributed by atoms with van der Waals surface area (Å²) in [6.07, 6.45) is 3.13. The van der Waals surface area contributed by atoms with Gasteiger partial charge in [-0.3, -0.25) is 20.5 Å². The number of unbranched alkanes of at least 4 members (excludes halogenated alkanes) is 2. The summed E-state index contributed by atoms with van der Waals surface area (Å²) in [6.45, 7) is 2.78. The number of carbonyl (C=O) groups excluding carboxylic acids is 1. The molecule has 3 N–H and O–H groups in total. The minimum absolute atomic E-state index is 0.0153. The number of thiocarbonyl (C=S) groups is 1. The summed E-state index contributed by atoms with van der Waals surface area (Å²) in [5, 5.41) is 3.31. The van der Waals surface area contributed by atoms with Crippen LogP contribution in [0, 0.1) is 0 Å². The Labute approximate surface area is 164 Å². The quantitative estimate of drug-likeness (QED) is 0.334. The van der Waals surface area contributed by atoms with Crippen LogP contribution in [0.5, 0.6) is 0 Å². The highest BCUT2D eigenvalue weighted by atomic mass is 35.5. The van der Waals surface area contributed by atoms with Gasteiger partial charge in [0.1, 0.15) is 0 Å². The van der Waals surface area contributed by atoms with Crippen LogP contribution in [0.1, 0.15) is 36.5 Å². The molecule has 1 rings (SSSR count). The van der Waals surface area contributed by atoms with Crippen molar-refractivity contribution in [3.05, 3.63) is 28.8 Å². The van der Waals surface area contributed by atoms with E-state index in [2.05, 4.69) is 23.1 Å². The lowest BCUT2D eigenvalue weighted by Gasteiger charge is -2.16. The zero-order valence-electron chi connectivity index (χ0n) is 14.8. The zero-order chi connectivity index (χ0) is 19.7. The van der Waals surface area contributed by atoms with Crippen molar-refractivity contribution < 1.29 is 18.0 Å². The highest BCUT2D eigenvalue weighted by molar-refractivity contribution is 7.89. The van der Waals surface area contributed by atoms with Gasteiger partial charge >= 0.3 is 0 Å². The molecule has 0 aliphatic carbocycles. The molecule has 0 saturated heterocycles. The van der Waals surface area contributed by atoms with Crippen LogP contribution in [0.4, 0.5) is 0 Å². The molecule has 146 valence electrons. The number of amides is 1. The Morgan fingerprint density at radius 2 is 2.00 bits per heavy atom. The predicted molar refractivity (Wildman–Crippen MR) is 104 cm³/mol. The Hall–Kier alpha value is -1.46. The van der Waals surface area contributed by atoms with Crippen molar-refractivity contribution in [2.75, 3.05) is 20.7 Å². The normalized spacial score (nSPS) is 11.3. The summed E-state index contributed by atoms with van der Waals surface area (Å²) in [5.41, 5.74) is 4.93. The van der Waals surface area contributed by atoms with Crippen LogP contribution in [-0.2, 0) is 14.9 Å². The van der Waals surface area contributed by atoms with E-state index in [9.17, 15) is 13.2 Å². The summed E-state index contributed by atoms with van der Waals surface area (Å²) < 4.78 is 25.2. The highest BCUT2D eigenvalue weighted by Gasteiger charge is 2.23. The monoisotopic (exact) mass is 422 g/mol. The number of rotatable bonds is 8. The first-order chi connectivity index (χ1) is 12.2. The predicted octanol–water partition coefficient (Wildman–Crippen LogP) is 1.82. The van der Waals surface area contributed by atoms with Crippen LogP contribution in [0.3, 0.4) is 0 Å². The second-order valence-corrected chi connectivity index (χ2v) is 8.03. The Kier molecular flexibility index (Phi) is 9.23. The van der Waals surface area contributed by atoms with Crippen molar-refractivity contribution in [3.8, 4) is 0 Å². The third kappa shape index (κ3) is 6.36. The molecule has 0 atom stereocenters. The third-order valence-corrected chi connectivity index (χ3v) is 5.68. The minimum Gasteiger partial charge on any atom is -0.361 e. The molecule has 26 heavy (non-hydrogen) atoms. The molecule has 0 aliphatic heterocycles. The maximum atomic E-state index is 12.3. The van der Waals surface area contributed by atoms with Crippen molar-refractivity contribution in [2.24, 2.45) is 0 Å². The van der Waals surface area contributed by atoms with Crippen LogP contribution in [0.2, 0.25) is 5.02 Å². The van der Waals surface area contributed by atoms with Crippen LogP contribution in [0.15, 0.2) is 23.1 Å². The smallest absolute Gasteiger partial charge is 0.271 e. The number of hydroxylamine groups is 1. The number of nitrogens with one attached hydrogen (secondary N) is 3. The van der Waals surface area contributed by atoms with Gasteiger partial charge in [-0.15, -0.1) is 0 Å². The lowest BCUT2D eigenvalue weighted by atomic mass is 10.2. The van der Waals surface area contributed by atoms with Crippen LogP contribution in [-0.4, -0.2) is 44.6 Å². The molecule has 11 heteroatoms. The molecule has 1 aromatic carbocycles. The first kappa shape index (κ1) is 22.6. The zero-order valence-corrected chi connectivity index (χ0v) is 17.2. The Morgan fingerprint density at radius 3 is 2.62 bits per heavy atom. The van der Waals surface area contributed by atoms with Gasteiger partial charge in [0.2, 0.25) is 0 Å². The molecule has 1 amide bonds. The second kappa shape index (κ2) is 10.6. The van der Waals surface area contributed by atoms with Gasteiger partial charge in [0.05, 0.1) is 22.6 Å². The summed E-state index contributed by atoms with van der Waals surface area (Å²) >= 11 is 11.1. The van der Waals surface area contributed by atoms with Crippen LogP contribution < -0.4 is 16.2 Å². The molecule has 8 nitrogen and oxygen atoms in total. The molecule has 0 spiro atoms. The van der Waals surface area contributed by atoms with E-state index in [0.29, 0.717) is 11.0 Å². The fourth-order valence-electron chi connectivity index (χ4n) is 1.89. The fraction of sp³-hybridized carbons (Fsp3) is 0.467. The van der Waals surface area contributed by atoms with E-state index in [1.807, 2.05) is 0 Å². The number of sulfonamides is 1. The summed E-state index contributed by atoms with van der Waals surface area (Å²) in [4.78, 5) is 16.9. The Bertz CT molecular complexity index is 743. The molecule has 0 aliphatic rings. The number of hydrogen-bond donors (Lipinski definition) is 3. The van der Waals surface area contributed by atoms with E-state index >= 15 is 0 Å². The standard InChI is InChI=1S/C15H23ClN4O4S2/c1-4-5-6-9-17-15(25)19-18-14(21)12-10-11(7-8-13(12)16)26(22,23)20(2)24-3/h7-8,10H,4-6,9H2,1-3H3,(H,18,21)(H2,17,19,25). The second-order valence-electron chi connectivity index (χ2n) is 5.28. The van der Waals surface area contributed by atoms with Gasteiger partial charge < -0.3 is 5.32 Å². The number of benzene rings is 1. The maximum absolute atomic E-state index is 12.3. The average molecular weight is 423 g/mol. The van der Waals surface area contributed by atoms with Crippen molar-refractivity contribution in [1.82, 2.24) is 20.6 Å². The lowest BCUT2D eigenvalue weighted by Crippen LogP contribution is -2.47. The van der Waals surface area contributed by atoms with E-state index < -0.39 is 15.9 Å². The number of nitrogens with zero attached hydrogens (tertiary/aromatic N) is 1. The molecule has 0 fully saturated rings. The Balaban J connectivity index is 2.78. The largest absolute Gasteiger partial charge is 0.361 e. The van der Waals surface area contributed by atoms with E-state index in [0.717, 1.165) is 19.3 Å². The lowest BCUT2D eigenvalue weighted by molar-refractivity contribution is -0.0258. The number of hydrazine groups is 1. The number of hydrogen-bond acceptors (Lipinski definition) is 5. The molecule has 0 radical (unpaired) electrons. The van der Waals surface area contributed by atoms with Crippen molar-refractivity contribution >= 4 is 44.9 Å². The molecular formula is C15H23ClN4O4S2. The summed E-state index contributed by atoms with van der Waals surface area (Å²) in [6, 6.07) is 3.79. The summed E-state index contributed by atoms with van der Waals surface area (Å²) in [7, 11) is -1.43.